The Hall–Kier alpha value is -3.14. The van der Waals surface area contributed by atoms with Crippen molar-refractivity contribution in [2.75, 3.05) is 5.32 Å². The molecule has 4 rings (SSSR count). The summed E-state index contributed by atoms with van der Waals surface area (Å²) in [4.78, 5) is 20.2. The molecule has 1 amide bonds. The first-order valence-corrected chi connectivity index (χ1v) is 9.93. The van der Waals surface area contributed by atoms with E-state index in [1.807, 2.05) is 0 Å². The molecule has 0 atom stereocenters. The molecule has 0 saturated heterocycles. The summed E-state index contributed by atoms with van der Waals surface area (Å²) in [7, 11) is 0. The first-order valence-electron chi connectivity index (χ1n) is 9.93. The maximum atomic E-state index is 13.0. The number of aryl methyl sites for hydroxylation is 1. The molecule has 1 aliphatic rings. The number of fused-ring (bicyclic) bond motifs is 1. The molecule has 0 aromatic carbocycles. The van der Waals surface area contributed by atoms with Gasteiger partial charge in [0.1, 0.15) is 17.2 Å². The van der Waals surface area contributed by atoms with E-state index in [0.717, 1.165) is 6.20 Å². The predicted molar refractivity (Wildman–Crippen MR) is 107 cm³/mol. The van der Waals surface area contributed by atoms with Gasteiger partial charge in [0, 0.05) is 24.1 Å². The fourth-order valence-electron chi connectivity index (χ4n) is 3.84. The molecular weight excluding hydrogens is 411 g/mol. The van der Waals surface area contributed by atoms with E-state index < -0.39 is 17.6 Å². The maximum absolute atomic E-state index is 13.0. The number of aliphatic hydroxyl groups is 1. The fourth-order valence-corrected chi connectivity index (χ4v) is 3.84. The van der Waals surface area contributed by atoms with Crippen LogP contribution in [0.5, 0.6) is 0 Å². The lowest BCUT2D eigenvalue weighted by atomic mass is 9.87. The highest BCUT2D eigenvalue weighted by Crippen LogP contribution is 2.31. The Morgan fingerprint density at radius 2 is 1.97 bits per heavy atom. The van der Waals surface area contributed by atoms with Crippen LogP contribution < -0.4 is 10.6 Å². The monoisotopic (exact) mass is 433 g/mol. The van der Waals surface area contributed by atoms with Crippen molar-refractivity contribution in [2.45, 2.75) is 50.6 Å². The van der Waals surface area contributed by atoms with Gasteiger partial charge in [0.2, 0.25) is 0 Å². The SMILES string of the molecule is Cc1ncccc1C(=O)NC1(O)CCC(Nc2cccc3nc(C(F)(F)F)cn23)CC1. The van der Waals surface area contributed by atoms with E-state index in [1.165, 1.54) is 10.5 Å². The Kier molecular flexibility index (Phi) is 5.34. The van der Waals surface area contributed by atoms with Crippen LogP contribution in [-0.2, 0) is 6.18 Å². The molecule has 3 aromatic rings. The van der Waals surface area contributed by atoms with Crippen LogP contribution in [0.3, 0.4) is 0 Å². The van der Waals surface area contributed by atoms with Crippen LogP contribution in [0, 0.1) is 6.92 Å². The Morgan fingerprint density at radius 3 is 2.65 bits per heavy atom. The number of aromatic nitrogens is 3. The van der Waals surface area contributed by atoms with Gasteiger partial charge in [-0.1, -0.05) is 6.07 Å². The van der Waals surface area contributed by atoms with Crippen molar-refractivity contribution in [3.05, 3.63) is 59.7 Å². The molecule has 1 fully saturated rings. The molecule has 0 unspecified atom stereocenters. The first kappa shape index (κ1) is 21.1. The number of hydrogen-bond acceptors (Lipinski definition) is 5. The lowest BCUT2D eigenvalue weighted by Crippen LogP contribution is -2.52. The number of halogens is 3. The Labute approximate surface area is 176 Å². The summed E-state index contributed by atoms with van der Waals surface area (Å²) >= 11 is 0. The Bertz CT molecular complexity index is 1100. The van der Waals surface area contributed by atoms with Crippen molar-refractivity contribution in [1.82, 2.24) is 19.7 Å². The van der Waals surface area contributed by atoms with E-state index in [4.69, 9.17) is 0 Å². The predicted octanol–water partition coefficient (Wildman–Crippen LogP) is 3.53. The highest BCUT2D eigenvalue weighted by Gasteiger charge is 2.36. The highest BCUT2D eigenvalue weighted by atomic mass is 19.4. The van der Waals surface area contributed by atoms with Crippen LogP contribution in [-0.4, -0.2) is 37.1 Å². The molecule has 1 saturated carbocycles. The molecule has 10 heteroatoms. The highest BCUT2D eigenvalue weighted by molar-refractivity contribution is 5.95. The van der Waals surface area contributed by atoms with Gasteiger partial charge in [-0.25, -0.2) is 4.98 Å². The number of nitrogens with zero attached hydrogens (tertiary/aromatic N) is 3. The molecule has 3 heterocycles. The number of nitrogens with one attached hydrogen (secondary N) is 2. The summed E-state index contributed by atoms with van der Waals surface area (Å²) in [6.45, 7) is 1.72. The number of imidazole rings is 1. The van der Waals surface area contributed by atoms with Gasteiger partial charge in [-0.3, -0.25) is 14.2 Å². The fraction of sp³-hybridized carbons (Fsp3) is 0.381. The summed E-state index contributed by atoms with van der Waals surface area (Å²) in [5.74, 6) is 0.105. The number of hydrogen-bond donors (Lipinski definition) is 3. The number of carbonyl (C=O) groups excluding carboxylic acids is 1. The van der Waals surface area contributed by atoms with Crippen molar-refractivity contribution >= 4 is 17.4 Å². The second-order valence-electron chi connectivity index (χ2n) is 7.80. The quantitative estimate of drug-likeness (QED) is 0.548. The van der Waals surface area contributed by atoms with Crippen molar-refractivity contribution < 1.29 is 23.1 Å². The van der Waals surface area contributed by atoms with Crippen molar-refractivity contribution in [2.24, 2.45) is 0 Å². The molecule has 7 nitrogen and oxygen atoms in total. The molecule has 0 spiro atoms. The van der Waals surface area contributed by atoms with Gasteiger partial charge in [-0.15, -0.1) is 0 Å². The molecular formula is C21H22F3N5O2. The molecule has 0 aliphatic heterocycles. The zero-order chi connectivity index (χ0) is 22.2. The number of pyridine rings is 2. The number of carbonyl (C=O) groups is 1. The number of amides is 1. The third-order valence-corrected chi connectivity index (χ3v) is 5.55. The van der Waals surface area contributed by atoms with Crippen LogP contribution in [0.2, 0.25) is 0 Å². The first-order chi connectivity index (χ1) is 14.6. The van der Waals surface area contributed by atoms with Crippen LogP contribution in [0.4, 0.5) is 19.0 Å². The minimum atomic E-state index is -4.52. The summed E-state index contributed by atoms with van der Waals surface area (Å²) in [5.41, 5.74) is -1.12. The van der Waals surface area contributed by atoms with Crippen molar-refractivity contribution in [3.8, 4) is 0 Å². The second-order valence-corrected chi connectivity index (χ2v) is 7.80. The molecule has 31 heavy (non-hydrogen) atoms. The van der Waals surface area contributed by atoms with Crippen LogP contribution in [0.25, 0.3) is 5.65 Å². The van der Waals surface area contributed by atoms with Crippen LogP contribution in [0.1, 0.15) is 47.4 Å². The van der Waals surface area contributed by atoms with E-state index in [0.29, 0.717) is 42.8 Å². The van der Waals surface area contributed by atoms with Crippen LogP contribution >= 0.6 is 0 Å². The smallest absolute Gasteiger partial charge is 0.371 e. The summed E-state index contributed by atoms with van der Waals surface area (Å²) in [6.07, 6.45) is -0.286. The maximum Gasteiger partial charge on any atom is 0.434 e. The van der Waals surface area contributed by atoms with Gasteiger partial charge in [0.15, 0.2) is 5.69 Å². The summed E-state index contributed by atoms with van der Waals surface area (Å²) in [6, 6.07) is 8.07. The average Bonchev–Trinajstić information content (AvgIpc) is 3.16. The lowest BCUT2D eigenvalue weighted by Gasteiger charge is -2.37. The molecule has 1 aliphatic carbocycles. The zero-order valence-electron chi connectivity index (χ0n) is 16.8. The standard InChI is InChI=1S/C21H22F3N5O2/c1-13-15(4-3-11-25-13)19(30)28-20(31)9-7-14(8-10-20)26-17-5-2-6-18-27-16(12-29(17)18)21(22,23)24/h2-6,11-12,14,26,31H,7-10H2,1H3,(H,28,30). The van der Waals surface area contributed by atoms with E-state index in [2.05, 4.69) is 20.6 Å². The molecule has 164 valence electrons. The van der Waals surface area contributed by atoms with Gasteiger partial charge < -0.3 is 15.7 Å². The van der Waals surface area contributed by atoms with Crippen molar-refractivity contribution in [1.29, 1.82) is 0 Å². The number of alkyl halides is 3. The Morgan fingerprint density at radius 1 is 1.23 bits per heavy atom. The third-order valence-electron chi connectivity index (χ3n) is 5.55. The minimum Gasteiger partial charge on any atom is -0.371 e. The van der Waals surface area contributed by atoms with Gasteiger partial charge in [-0.2, -0.15) is 13.2 Å². The van der Waals surface area contributed by atoms with E-state index in [1.54, 1.807) is 37.4 Å². The zero-order valence-corrected chi connectivity index (χ0v) is 16.8. The van der Waals surface area contributed by atoms with Crippen LogP contribution in [0.15, 0.2) is 42.7 Å². The van der Waals surface area contributed by atoms with Gasteiger partial charge in [0.05, 0.1) is 5.56 Å². The molecule has 0 bridgehead atoms. The van der Waals surface area contributed by atoms with E-state index in [-0.39, 0.29) is 17.6 Å². The molecule has 3 N–H and O–H groups in total. The topological polar surface area (TPSA) is 91.5 Å². The second kappa shape index (κ2) is 7.84. The van der Waals surface area contributed by atoms with Gasteiger partial charge in [0.25, 0.3) is 5.91 Å². The average molecular weight is 433 g/mol. The molecule has 0 radical (unpaired) electrons. The van der Waals surface area contributed by atoms with E-state index in [9.17, 15) is 23.1 Å². The van der Waals surface area contributed by atoms with E-state index >= 15 is 0 Å². The Balaban J connectivity index is 1.42. The van der Waals surface area contributed by atoms with Crippen molar-refractivity contribution in [3.63, 3.8) is 0 Å². The lowest BCUT2D eigenvalue weighted by molar-refractivity contribution is -0.140. The third kappa shape index (κ3) is 4.48. The minimum absolute atomic E-state index is 0.0698. The number of anilines is 1. The van der Waals surface area contributed by atoms with Gasteiger partial charge in [-0.05, 0) is 56.9 Å². The van der Waals surface area contributed by atoms with Gasteiger partial charge >= 0.3 is 6.18 Å². The molecule has 3 aromatic heterocycles. The normalized spacial score (nSPS) is 21.8. The largest absolute Gasteiger partial charge is 0.434 e. The summed E-state index contributed by atoms with van der Waals surface area (Å²) in [5, 5.41) is 16.8. The number of rotatable bonds is 4. The summed E-state index contributed by atoms with van der Waals surface area (Å²) < 4.78 is 40.3.